The van der Waals surface area contributed by atoms with E-state index in [9.17, 15) is 0 Å². The molecule has 0 aliphatic rings. The minimum atomic E-state index is 0.414. The lowest BCUT2D eigenvalue weighted by atomic mass is 10.3. The predicted molar refractivity (Wildman–Crippen MR) is 118 cm³/mol. The Morgan fingerprint density at radius 3 is 2.57 bits per heavy atom. The van der Waals surface area contributed by atoms with Gasteiger partial charge in [0.15, 0.2) is 0 Å². The molecule has 0 aliphatic heterocycles. The number of aromatic nitrogens is 7. The van der Waals surface area contributed by atoms with E-state index < -0.39 is 0 Å². The van der Waals surface area contributed by atoms with Crippen LogP contribution in [0.3, 0.4) is 0 Å². The number of halogens is 2. The lowest BCUT2D eigenvalue weighted by molar-refractivity contribution is 0.361. The van der Waals surface area contributed by atoms with E-state index in [0.29, 0.717) is 48.7 Å². The van der Waals surface area contributed by atoms with E-state index in [4.69, 9.17) is 37.9 Å². The van der Waals surface area contributed by atoms with Crippen molar-refractivity contribution in [3.05, 3.63) is 28.4 Å². The van der Waals surface area contributed by atoms with Crippen LogP contribution in [0.1, 0.15) is 0 Å². The molecule has 0 fully saturated rings. The molecule has 1 aromatic carbocycles. The largest absolute Gasteiger partial charge is 0.473 e. The Morgan fingerprint density at radius 2 is 1.90 bits per heavy atom. The van der Waals surface area contributed by atoms with Gasteiger partial charge in [0.1, 0.15) is 10.7 Å². The van der Waals surface area contributed by atoms with Gasteiger partial charge in [-0.15, -0.1) is 5.10 Å². The molecule has 0 radical (unpaired) electrons. The van der Waals surface area contributed by atoms with Gasteiger partial charge in [0, 0.05) is 6.54 Å². The Kier molecular flexibility index (Phi) is 6.34. The Bertz CT molecular complexity index is 1200. The van der Waals surface area contributed by atoms with Crippen LogP contribution in [-0.4, -0.2) is 67.8 Å². The summed E-state index contributed by atoms with van der Waals surface area (Å²) < 4.78 is 6.97. The van der Waals surface area contributed by atoms with Gasteiger partial charge in [0.2, 0.25) is 5.16 Å². The molecule has 0 saturated heterocycles. The van der Waals surface area contributed by atoms with Gasteiger partial charge < -0.3 is 9.64 Å². The van der Waals surface area contributed by atoms with Crippen LogP contribution < -0.4 is 4.74 Å². The van der Waals surface area contributed by atoms with Crippen LogP contribution in [0, 0.1) is 0 Å². The molecular formula is C17H16Cl2N8OS2. The van der Waals surface area contributed by atoms with E-state index >= 15 is 0 Å². The monoisotopic (exact) mass is 482 g/mol. The summed E-state index contributed by atoms with van der Waals surface area (Å²) in [5, 5.41) is 14.7. The van der Waals surface area contributed by atoms with E-state index in [1.807, 2.05) is 14.1 Å². The van der Waals surface area contributed by atoms with E-state index in [1.165, 1.54) is 23.1 Å². The normalized spacial score (nSPS) is 11.5. The second-order valence-corrected chi connectivity index (χ2v) is 9.18. The third kappa shape index (κ3) is 4.49. The molecule has 0 atom stereocenters. The standard InChI is InChI=1S/C17H16Cl2N8OS2/c1-26(2)4-5-27-16(23-24-25-27)30-15-14(13-8-20-17(28-3)29-13)21-11-6-9(18)10(19)7-12(11)22-15/h6-8H,4-5H2,1-3H3. The molecule has 0 aliphatic carbocycles. The molecule has 156 valence electrons. The summed E-state index contributed by atoms with van der Waals surface area (Å²) in [7, 11) is 5.57. The van der Waals surface area contributed by atoms with E-state index in [0.717, 1.165) is 11.4 Å². The summed E-state index contributed by atoms with van der Waals surface area (Å²) in [4.78, 5) is 16.7. The van der Waals surface area contributed by atoms with Gasteiger partial charge in [-0.2, -0.15) is 0 Å². The summed E-state index contributed by atoms with van der Waals surface area (Å²) in [6.07, 6.45) is 1.70. The first-order chi connectivity index (χ1) is 14.4. The molecule has 0 N–H and O–H groups in total. The van der Waals surface area contributed by atoms with Crippen molar-refractivity contribution in [2.45, 2.75) is 16.7 Å². The van der Waals surface area contributed by atoms with Crippen molar-refractivity contribution >= 4 is 57.3 Å². The number of benzene rings is 1. The second kappa shape index (κ2) is 8.98. The number of likely N-dealkylation sites (N-methyl/N-ethyl adjacent to an activating group) is 1. The van der Waals surface area contributed by atoms with Gasteiger partial charge in [0.05, 0.1) is 45.8 Å². The first-order valence-electron chi connectivity index (χ1n) is 8.70. The maximum absolute atomic E-state index is 6.19. The van der Waals surface area contributed by atoms with E-state index in [-0.39, 0.29) is 0 Å². The molecule has 30 heavy (non-hydrogen) atoms. The van der Waals surface area contributed by atoms with Crippen LogP contribution >= 0.6 is 46.3 Å². The van der Waals surface area contributed by atoms with Gasteiger partial charge in [-0.25, -0.2) is 19.6 Å². The smallest absolute Gasteiger partial charge is 0.273 e. The first kappa shape index (κ1) is 21.2. The average Bonchev–Trinajstić information content (AvgIpc) is 3.36. The third-order valence-corrected chi connectivity index (χ3v) is 6.65. The second-order valence-electron chi connectivity index (χ2n) is 6.42. The number of hydrogen-bond donors (Lipinski definition) is 0. The van der Waals surface area contributed by atoms with E-state index in [1.54, 1.807) is 30.1 Å². The van der Waals surface area contributed by atoms with Crippen molar-refractivity contribution in [2.75, 3.05) is 27.7 Å². The predicted octanol–water partition coefficient (Wildman–Crippen LogP) is 3.77. The van der Waals surface area contributed by atoms with Crippen LogP contribution in [-0.2, 0) is 6.54 Å². The molecule has 3 heterocycles. The van der Waals surface area contributed by atoms with Gasteiger partial charge >= 0.3 is 0 Å². The van der Waals surface area contributed by atoms with Crippen LogP contribution in [0.15, 0.2) is 28.5 Å². The maximum atomic E-state index is 6.19. The lowest BCUT2D eigenvalue weighted by Gasteiger charge is -2.11. The minimum Gasteiger partial charge on any atom is -0.473 e. The van der Waals surface area contributed by atoms with E-state index in [2.05, 4.69) is 25.4 Å². The zero-order valence-corrected chi connectivity index (χ0v) is 19.3. The van der Waals surface area contributed by atoms with Gasteiger partial charge in [-0.05, 0) is 48.4 Å². The molecule has 4 rings (SSSR count). The summed E-state index contributed by atoms with van der Waals surface area (Å²) in [6, 6.07) is 3.39. The number of tetrazole rings is 1. The highest BCUT2D eigenvalue weighted by molar-refractivity contribution is 7.99. The van der Waals surface area contributed by atoms with Crippen molar-refractivity contribution in [2.24, 2.45) is 0 Å². The number of methoxy groups -OCH3 is 1. The Balaban J connectivity index is 1.80. The fourth-order valence-electron chi connectivity index (χ4n) is 2.52. The maximum Gasteiger partial charge on any atom is 0.273 e. The fraction of sp³-hybridized carbons (Fsp3) is 0.294. The molecule has 9 nitrogen and oxygen atoms in total. The quantitative estimate of drug-likeness (QED) is 0.389. The lowest BCUT2D eigenvalue weighted by Crippen LogP contribution is -2.19. The molecule has 0 saturated carbocycles. The number of ether oxygens (including phenoxy) is 1. The van der Waals surface area contributed by atoms with Crippen molar-refractivity contribution in [1.29, 1.82) is 0 Å². The number of hydrogen-bond acceptors (Lipinski definition) is 10. The molecular weight excluding hydrogens is 467 g/mol. The zero-order valence-electron chi connectivity index (χ0n) is 16.2. The fourth-order valence-corrected chi connectivity index (χ4v) is 4.50. The number of thiazole rings is 1. The van der Waals surface area contributed by atoms with Gasteiger partial charge in [-0.1, -0.05) is 34.5 Å². The van der Waals surface area contributed by atoms with Crippen LogP contribution in [0.5, 0.6) is 5.19 Å². The Labute approximate surface area is 190 Å². The highest BCUT2D eigenvalue weighted by Crippen LogP contribution is 2.38. The van der Waals surface area contributed by atoms with Crippen molar-refractivity contribution in [1.82, 2.24) is 40.1 Å². The summed E-state index contributed by atoms with van der Waals surface area (Å²) in [5.74, 6) is 0. The molecule has 0 bridgehead atoms. The van der Waals surface area contributed by atoms with Gasteiger partial charge in [-0.3, -0.25) is 0 Å². The van der Waals surface area contributed by atoms with Gasteiger partial charge in [0.25, 0.3) is 5.19 Å². The molecule has 0 spiro atoms. The third-order valence-electron chi connectivity index (χ3n) is 4.01. The Hall–Kier alpha value is -2.05. The summed E-state index contributed by atoms with van der Waals surface area (Å²) in [5.41, 5.74) is 1.90. The summed E-state index contributed by atoms with van der Waals surface area (Å²) >= 11 is 15.1. The number of fused-ring (bicyclic) bond motifs is 1. The number of rotatable bonds is 7. The average molecular weight is 483 g/mol. The molecule has 0 amide bonds. The first-order valence-corrected chi connectivity index (χ1v) is 11.1. The topological polar surface area (TPSA) is 94.7 Å². The summed E-state index contributed by atoms with van der Waals surface area (Å²) in [6.45, 7) is 1.45. The SMILES string of the molecule is COc1ncc(-c2nc3cc(Cl)c(Cl)cc3nc2Sc2nnnn2CCN(C)C)s1. The molecule has 0 unspecified atom stereocenters. The van der Waals surface area contributed by atoms with Crippen LogP contribution in [0.25, 0.3) is 21.6 Å². The van der Waals surface area contributed by atoms with Crippen molar-refractivity contribution < 1.29 is 4.74 Å². The number of nitrogens with zero attached hydrogens (tertiary/aromatic N) is 8. The molecule has 4 aromatic rings. The van der Waals surface area contributed by atoms with Crippen LogP contribution in [0.4, 0.5) is 0 Å². The highest BCUT2D eigenvalue weighted by Gasteiger charge is 2.19. The molecule has 3 aromatic heterocycles. The van der Waals surface area contributed by atoms with Crippen LogP contribution in [0.2, 0.25) is 10.0 Å². The zero-order chi connectivity index (χ0) is 21.3. The van der Waals surface area contributed by atoms with Crippen molar-refractivity contribution in [3.8, 4) is 15.8 Å². The Morgan fingerprint density at radius 1 is 1.17 bits per heavy atom. The highest BCUT2D eigenvalue weighted by atomic mass is 35.5. The van der Waals surface area contributed by atoms with Crippen molar-refractivity contribution in [3.63, 3.8) is 0 Å². The molecule has 13 heteroatoms. The minimum absolute atomic E-state index is 0.414.